The lowest BCUT2D eigenvalue weighted by molar-refractivity contribution is -0.169. The summed E-state index contributed by atoms with van der Waals surface area (Å²) in [5.74, 6) is 0. The monoisotopic (exact) mass is 530 g/mol. The minimum absolute atomic E-state index is 0.0383. The first-order valence-electron chi connectivity index (χ1n) is 16.0. The number of hydrogen-bond acceptors (Lipinski definition) is 6. The molecule has 0 amide bonds. The highest BCUT2D eigenvalue weighted by molar-refractivity contribution is 4.54. The fourth-order valence-corrected chi connectivity index (χ4v) is 4.60. The highest BCUT2D eigenvalue weighted by atomic mass is 16.7. The van der Waals surface area contributed by atoms with Gasteiger partial charge in [-0.05, 0) is 25.7 Å². The van der Waals surface area contributed by atoms with Crippen molar-refractivity contribution >= 4 is 0 Å². The summed E-state index contributed by atoms with van der Waals surface area (Å²) < 4.78 is 33.4. The summed E-state index contributed by atoms with van der Waals surface area (Å²) in [4.78, 5) is 0. The molecule has 0 aromatic heterocycles. The molecule has 0 spiro atoms. The Hall–Kier alpha value is -0.240. The van der Waals surface area contributed by atoms with Crippen LogP contribution in [0.5, 0.6) is 0 Å². The highest BCUT2D eigenvalue weighted by Crippen LogP contribution is 2.14. The van der Waals surface area contributed by atoms with E-state index in [1.807, 2.05) is 0 Å². The molecular weight excluding hydrogens is 468 g/mol. The summed E-state index contributed by atoms with van der Waals surface area (Å²) >= 11 is 0. The second-order valence-electron chi connectivity index (χ2n) is 10.4. The lowest BCUT2D eigenvalue weighted by atomic mass is 10.0. The zero-order valence-corrected chi connectivity index (χ0v) is 24.5. The van der Waals surface area contributed by atoms with E-state index in [1.165, 1.54) is 109 Å². The summed E-state index contributed by atoms with van der Waals surface area (Å²) in [5.41, 5.74) is 0. The van der Waals surface area contributed by atoms with Crippen LogP contribution in [0.25, 0.3) is 0 Å². The van der Waals surface area contributed by atoms with E-state index < -0.39 is 0 Å². The fourth-order valence-electron chi connectivity index (χ4n) is 4.60. The summed E-state index contributed by atoms with van der Waals surface area (Å²) in [7, 11) is 0. The van der Waals surface area contributed by atoms with Crippen LogP contribution >= 0.6 is 0 Å². The van der Waals surface area contributed by atoms with Crippen LogP contribution in [0, 0.1) is 0 Å². The summed E-state index contributed by atoms with van der Waals surface area (Å²) in [6.45, 7) is 8.78. The molecule has 1 heterocycles. The maximum absolute atomic E-state index is 5.67. The van der Waals surface area contributed by atoms with E-state index in [0.29, 0.717) is 52.9 Å². The van der Waals surface area contributed by atoms with Crippen LogP contribution in [0.2, 0.25) is 0 Å². The zero-order chi connectivity index (χ0) is 26.3. The van der Waals surface area contributed by atoms with Gasteiger partial charge in [0.25, 0.3) is 0 Å². The van der Waals surface area contributed by atoms with Gasteiger partial charge in [0, 0.05) is 13.2 Å². The molecule has 0 N–H and O–H groups in total. The average Bonchev–Trinajstić information content (AvgIpc) is 2.93. The molecule has 1 fully saturated rings. The van der Waals surface area contributed by atoms with Crippen molar-refractivity contribution in [1.82, 2.24) is 0 Å². The predicted octanol–water partition coefficient (Wildman–Crippen LogP) is 7.86. The van der Waals surface area contributed by atoms with Crippen molar-refractivity contribution in [1.29, 1.82) is 0 Å². The van der Waals surface area contributed by atoms with Gasteiger partial charge in [0.05, 0.1) is 52.9 Å². The van der Waals surface area contributed by atoms with Crippen LogP contribution in [0.1, 0.15) is 129 Å². The molecule has 1 rings (SSSR count). The van der Waals surface area contributed by atoms with Gasteiger partial charge in [-0.2, -0.15) is 0 Å². The molecule has 222 valence electrons. The topological polar surface area (TPSA) is 55.4 Å². The zero-order valence-electron chi connectivity index (χ0n) is 24.5. The molecule has 0 aromatic carbocycles. The maximum atomic E-state index is 5.67. The SMILES string of the molecule is CCCCCCCCCCCCCCCCCCOCCOCCOCCOCCOC1CCCCO1. The van der Waals surface area contributed by atoms with E-state index in [1.54, 1.807) is 0 Å². The van der Waals surface area contributed by atoms with Crippen molar-refractivity contribution < 1.29 is 28.4 Å². The Morgan fingerprint density at radius 2 is 0.865 bits per heavy atom. The van der Waals surface area contributed by atoms with Gasteiger partial charge in [0.15, 0.2) is 6.29 Å². The van der Waals surface area contributed by atoms with Crippen LogP contribution in [-0.4, -0.2) is 72.4 Å². The van der Waals surface area contributed by atoms with Gasteiger partial charge < -0.3 is 28.4 Å². The third-order valence-corrected chi connectivity index (χ3v) is 6.93. The van der Waals surface area contributed by atoms with Crippen LogP contribution in [0.15, 0.2) is 0 Å². The van der Waals surface area contributed by atoms with Gasteiger partial charge in [0.2, 0.25) is 0 Å². The molecule has 1 saturated heterocycles. The van der Waals surface area contributed by atoms with Crippen LogP contribution in [0.3, 0.4) is 0 Å². The van der Waals surface area contributed by atoms with Gasteiger partial charge in [0.1, 0.15) is 0 Å². The van der Waals surface area contributed by atoms with E-state index in [0.717, 1.165) is 26.1 Å². The Morgan fingerprint density at radius 3 is 1.30 bits per heavy atom. The molecule has 0 saturated carbocycles. The maximum Gasteiger partial charge on any atom is 0.157 e. The lowest BCUT2D eigenvalue weighted by Crippen LogP contribution is -2.24. The van der Waals surface area contributed by atoms with E-state index in [4.69, 9.17) is 28.4 Å². The first-order chi connectivity index (χ1) is 18.4. The number of ether oxygens (including phenoxy) is 6. The molecule has 0 aliphatic carbocycles. The Labute approximate surface area is 229 Å². The number of rotatable bonds is 30. The first-order valence-corrected chi connectivity index (χ1v) is 16.0. The van der Waals surface area contributed by atoms with E-state index in [2.05, 4.69) is 6.92 Å². The third kappa shape index (κ3) is 27.1. The summed E-state index contributed by atoms with van der Waals surface area (Å²) in [5, 5.41) is 0. The Bertz CT molecular complexity index is 417. The third-order valence-electron chi connectivity index (χ3n) is 6.93. The van der Waals surface area contributed by atoms with Gasteiger partial charge in [-0.25, -0.2) is 0 Å². The second-order valence-corrected chi connectivity index (χ2v) is 10.4. The number of hydrogen-bond donors (Lipinski definition) is 0. The molecule has 6 heteroatoms. The van der Waals surface area contributed by atoms with E-state index >= 15 is 0 Å². The largest absolute Gasteiger partial charge is 0.379 e. The molecule has 0 radical (unpaired) electrons. The average molecular weight is 531 g/mol. The summed E-state index contributed by atoms with van der Waals surface area (Å²) in [6.07, 6.45) is 25.7. The van der Waals surface area contributed by atoms with Crippen LogP contribution in [0.4, 0.5) is 0 Å². The minimum atomic E-state index is -0.0383. The van der Waals surface area contributed by atoms with Gasteiger partial charge in [-0.3, -0.25) is 0 Å². The van der Waals surface area contributed by atoms with Gasteiger partial charge in [-0.1, -0.05) is 103 Å². The fraction of sp³-hybridized carbons (Fsp3) is 1.00. The molecule has 1 aliphatic rings. The Morgan fingerprint density at radius 1 is 0.459 bits per heavy atom. The van der Waals surface area contributed by atoms with Crippen molar-refractivity contribution in [2.24, 2.45) is 0 Å². The molecule has 0 bridgehead atoms. The summed E-state index contributed by atoms with van der Waals surface area (Å²) in [6, 6.07) is 0. The van der Waals surface area contributed by atoms with Crippen molar-refractivity contribution in [2.75, 3.05) is 66.1 Å². The highest BCUT2D eigenvalue weighted by Gasteiger charge is 2.13. The Kier molecular flexibility index (Phi) is 28.5. The molecule has 6 nitrogen and oxygen atoms in total. The molecular formula is C31H62O6. The van der Waals surface area contributed by atoms with Crippen molar-refractivity contribution in [3.63, 3.8) is 0 Å². The smallest absolute Gasteiger partial charge is 0.157 e. The van der Waals surface area contributed by atoms with Crippen molar-refractivity contribution in [3.8, 4) is 0 Å². The van der Waals surface area contributed by atoms with Gasteiger partial charge >= 0.3 is 0 Å². The van der Waals surface area contributed by atoms with Crippen LogP contribution in [-0.2, 0) is 28.4 Å². The standard InChI is InChI=1S/C31H62O6/c1-2-3-4-5-6-7-8-9-10-11-12-13-14-15-16-18-21-32-23-24-33-25-26-34-27-28-35-29-30-37-31-20-17-19-22-36-31/h31H,2-30H2,1H3. The molecule has 0 aromatic rings. The van der Waals surface area contributed by atoms with E-state index in [9.17, 15) is 0 Å². The normalized spacial score (nSPS) is 16.0. The second kappa shape index (κ2) is 30.3. The molecule has 1 atom stereocenters. The predicted molar refractivity (Wildman–Crippen MR) is 152 cm³/mol. The van der Waals surface area contributed by atoms with Crippen molar-refractivity contribution in [2.45, 2.75) is 135 Å². The Balaban J connectivity index is 1.61. The first kappa shape index (κ1) is 34.8. The number of unbranched alkanes of at least 4 members (excludes halogenated alkanes) is 15. The van der Waals surface area contributed by atoms with E-state index in [-0.39, 0.29) is 6.29 Å². The molecule has 1 aliphatic heterocycles. The minimum Gasteiger partial charge on any atom is -0.379 e. The van der Waals surface area contributed by atoms with Crippen LogP contribution < -0.4 is 0 Å². The lowest BCUT2D eigenvalue weighted by Gasteiger charge is -2.22. The van der Waals surface area contributed by atoms with Crippen molar-refractivity contribution in [3.05, 3.63) is 0 Å². The van der Waals surface area contributed by atoms with Gasteiger partial charge in [-0.15, -0.1) is 0 Å². The quantitative estimate of drug-likeness (QED) is 0.0881. The molecule has 1 unspecified atom stereocenters. The molecule has 37 heavy (non-hydrogen) atoms.